The minimum absolute atomic E-state index is 0.382. The largest absolute Gasteiger partial charge is 0.522 e. The third-order valence-corrected chi connectivity index (χ3v) is 2.33. The van der Waals surface area contributed by atoms with E-state index in [4.69, 9.17) is 18.7 Å². The molecule has 4 N–H and O–H groups in total. The lowest BCUT2D eigenvalue weighted by atomic mass is 9.93. The lowest BCUT2D eigenvalue weighted by Gasteiger charge is -2.24. The van der Waals surface area contributed by atoms with Crippen molar-refractivity contribution < 1.29 is 30.9 Å². The monoisotopic (exact) mass is 264 g/mol. The molecule has 1 rings (SSSR count). The Balaban J connectivity index is 0.000000281. The summed E-state index contributed by atoms with van der Waals surface area (Å²) in [5.41, 5.74) is -0.682. The van der Waals surface area contributed by atoms with Crippen LogP contribution in [0.15, 0.2) is 0 Å². The second-order valence-electron chi connectivity index (χ2n) is 3.06. The summed E-state index contributed by atoms with van der Waals surface area (Å²) in [7, 11) is -5.84. The van der Waals surface area contributed by atoms with Gasteiger partial charge in [0.1, 0.15) is 0 Å². The molecule has 1 saturated carbocycles. The molecule has 2 amide bonds. The van der Waals surface area contributed by atoms with Gasteiger partial charge in [0.05, 0.1) is 0 Å². The van der Waals surface area contributed by atoms with Gasteiger partial charge in [0, 0.05) is 6.04 Å². The number of rotatable bonds is 1. The number of nitrogens with one attached hydrogen (secondary N) is 1. The number of halogens is 3. The normalized spacial score (nSPS) is 16.8. The summed E-state index contributed by atoms with van der Waals surface area (Å²) in [6.07, 6.45) is 3.43. The van der Waals surface area contributed by atoms with E-state index in [1.54, 1.807) is 0 Å². The zero-order chi connectivity index (χ0) is 13.0. The Bertz CT molecular complexity index is 336. The third-order valence-electron chi connectivity index (χ3n) is 1.74. The summed E-state index contributed by atoms with van der Waals surface area (Å²) >= 11 is 0. The van der Waals surface area contributed by atoms with E-state index in [0.717, 1.165) is 12.8 Å². The van der Waals surface area contributed by atoms with Crippen LogP contribution in [0, 0.1) is 0 Å². The molecular formula is C6H11F3N2O4S. The number of nitrogens with two attached hydrogens (primary N) is 1. The van der Waals surface area contributed by atoms with Crippen molar-refractivity contribution in [2.45, 2.75) is 30.8 Å². The molecule has 0 aromatic heterocycles. The van der Waals surface area contributed by atoms with Crippen LogP contribution in [-0.4, -0.2) is 30.6 Å². The Kier molecular flexibility index (Phi) is 5.00. The predicted molar refractivity (Wildman–Crippen MR) is 48.0 cm³/mol. The number of hydrogen-bond acceptors (Lipinski definition) is 3. The Hall–Kier alpha value is -1.03. The molecule has 1 aliphatic carbocycles. The summed E-state index contributed by atoms with van der Waals surface area (Å²) < 4.78 is 57.5. The first-order valence-corrected chi connectivity index (χ1v) is 5.58. The molecule has 0 bridgehead atoms. The van der Waals surface area contributed by atoms with Crippen molar-refractivity contribution in [1.29, 1.82) is 0 Å². The summed E-state index contributed by atoms with van der Waals surface area (Å²) in [6.45, 7) is 0. The molecule has 0 atom stereocenters. The quantitative estimate of drug-likeness (QED) is 0.476. The van der Waals surface area contributed by atoms with Gasteiger partial charge in [-0.2, -0.15) is 21.6 Å². The number of alkyl halides is 3. The third kappa shape index (κ3) is 5.75. The maximum Gasteiger partial charge on any atom is 0.522 e. The highest BCUT2D eigenvalue weighted by atomic mass is 32.2. The Morgan fingerprint density at radius 3 is 1.81 bits per heavy atom. The van der Waals surface area contributed by atoms with Crippen molar-refractivity contribution >= 4 is 16.1 Å². The highest BCUT2D eigenvalue weighted by molar-refractivity contribution is 7.86. The van der Waals surface area contributed by atoms with Crippen LogP contribution in [-0.2, 0) is 10.1 Å². The lowest BCUT2D eigenvalue weighted by Crippen LogP contribution is -2.42. The molecule has 0 unspecified atom stereocenters. The second kappa shape index (κ2) is 5.34. The fourth-order valence-corrected chi connectivity index (χ4v) is 0.754. The molecular weight excluding hydrogens is 253 g/mol. The van der Waals surface area contributed by atoms with Gasteiger partial charge in [-0.1, -0.05) is 0 Å². The Labute approximate surface area is 89.7 Å². The topological polar surface area (TPSA) is 109 Å². The smallest absolute Gasteiger partial charge is 0.352 e. The lowest BCUT2D eigenvalue weighted by molar-refractivity contribution is -0.0510. The highest BCUT2D eigenvalue weighted by Crippen LogP contribution is 2.20. The Morgan fingerprint density at radius 1 is 1.38 bits per heavy atom. The first-order valence-electron chi connectivity index (χ1n) is 4.13. The van der Waals surface area contributed by atoms with E-state index >= 15 is 0 Å². The molecule has 1 fully saturated rings. The Morgan fingerprint density at radius 2 is 1.75 bits per heavy atom. The van der Waals surface area contributed by atoms with E-state index in [9.17, 15) is 18.0 Å². The SMILES string of the molecule is NC(=O)NC1CCC1.O=S(=O)(O)C(F)(F)F. The fourth-order valence-electron chi connectivity index (χ4n) is 0.754. The number of carbonyl (C=O) groups is 1. The number of primary amides is 1. The first kappa shape index (κ1) is 15.0. The van der Waals surface area contributed by atoms with Crippen LogP contribution in [0.1, 0.15) is 19.3 Å². The van der Waals surface area contributed by atoms with Crippen molar-refractivity contribution in [2.75, 3.05) is 0 Å². The number of carbonyl (C=O) groups excluding carboxylic acids is 1. The van der Waals surface area contributed by atoms with Gasteiger partial charge >= 0.3 is 21.7 Å². The summed E-state index contributed by atoms with van der Waals surface area (Å²) in [4.78, 5) is 10.1. The molecule has 0 spiro atoms. The molecule has 96 valence electrons. The van der Waals surface area contributed by atoms with Crippen LogP contribution < -0.4 is 11.1 Å². The fraction of sp³-hybridized carbons (Fsp3) is 0.833. The second-order valence-corrected chi connectivity index (χ2v) is 4.47. The predicted octanol–water partition coefficient (Wildman–Crippen LogP) is 0.601. The molecule has 1 aliphatic rings. The maximum absolute atomic E-state index is 10.7. The molecule has 0 aromatic carbocycles. The molecule has 0 radical (unpaired) electrons. The molecule has 0 aliphatic heterocycles. The van der Waals surface area contributed by atoms with E-state index in [1.807, 2.05) is 0 Å². The highest BCUT2D eigenvalue weighted by Gasteiger charge is 2.44. The number of urea groups is 1. The zero-order valence-electron chi connectivity index (χ0n) is 7.99. The van der Waals surface area contributed by atoms with Crippen molar-refractivity contribution in [3.8, 4) is 0 Å². The van der Waals surface area contributed by atoms with Gasteiger partial charge in [0.2, 0.25) is 0 Å². The molecule has 0 aromatic rings. The van der Waals surface area contributed by atoms with E-state index < -0.39 is 21.7 Å². The van der Waals surface area contributed by atoms with Gasteiger partial charge in [0.15, 0.2) is 0 Å². The molecule has 10 heteroatoms. The number of hydrogen-bond donors (Lipinski definition) is 3. The van der Waals surface area contributed by atoms with Gasteiger partial charge in [-0.25, -0.2) is 4.79 Å². The number of amides is 2. The van der Waals surface area contributed by atoms with Gasteiger partial charge in [-0.3, -0.25) is 4.55 Å². The minimum atomic E-state index is -5.84. The molecule has 0 saturated heterocycles. The first-order chi connectivity index (χ1) is 7.04. The van der Waals surface area contributed by atoms with Crippen molar-refractivity contribution in [1.82, 2.24) is 5.32 Å². The van der Waals surface area contributed by atoms with Crippen LogP contribution in [0.4, 0.5) is 18.0 Å². The van der Waals surface area contributed by atoms with Crippen LogP contribution >= 0.6 is 0 Å². The van der Waals surface area contributed by atoms with Gasteiger partial charge in [-0.05, 0) is 19.3 Å². The average molecular weight is 264 g/mol. The van der Waals surface area contributed by atoms with Gasteiger partial charge < -0.3 is 11.1 Å². The van der Waals surface area contributed by atoms with Crippen molar-refractivity contribution in [2.24, 2.45) is 5.73 Å². The van der Waals surface area contributed by atoms with E-state index in [-0.39, 0.29) is 0 Å². The van der Waals surface area contributed by atoms with E-state index in [2.05, 4.69) is 5.32 Å². The van der Waals surface area contributed by atoms with Crippen LogP contribution in [0.3, 0.4) is 0 Å². The van der Waals surface area contributed by atoms with Crippen molar-refractivity contribution in [3.05, 3.63) is 0 Å². The van der Waals surface area contributed by atoms with Gasteiger partial charge in [-0.15, -0.1) is 0 Å². The summed E-state index contributed by atoms with van der Waals surface area (Å²) in [5, 5.41) is 2.62. The zero-order valence-corrected chi connectivity index (χ0v) is 8.81. The minimum Gasteiger partial charge on any atom is -0.352 e. The average Bonchev–Trinajstić information content (AvgIpc) is 1.94. The van der Waals surface area contributed by atoms with E-state index in [0.29, 0.717) is 6.04 Å². The van der Waals surface area contributed by atoms with Crippen LogP contribution in [0.5, 0.6) is 0 Å². The summed E-state index contributed by atoms with van der Waals surface area (Å²) in [6, 6.07) is -0.0119. The van der Waals surface area contributed by atoms with E-state index in [1.165, 1.54) is 6.42 Å². The van der Waals surface area contributed by atoms with Crippen LogP contribution in [0.2, 0.25) is 0 Å². The maximum atomic E-state index is 10.7. The standard InChI is InChI=1S/C5H10N2O.CHF3O3S/c6-5(8)7-4-2-1-3-4;2-1(3,4)8(5,6)7/h4H,1-3H2,(H3,6,7,8);(H,5,6,7). The van der Waals surface area contributed by atoms with Gasteiger partial charge in [0.25, 0.3) is 0 Å². The summed E-state index contributed by atoms with van der Waals surface area (Å²) in [5.74, 6) is 0. The van der Waals surface area contributed by atoms with Crippen molar-refractivity contribution in [3.63, 3.8) is 0 Å². The molecule has 0 heterocycles. The molecule has 16 heavy (non-hydrogen) atoms. The van der Waals surface area contributed by atoms with Crippen LogP contribution in [0.25, 0.3) is 0 Å². The molecule has 6 nitrogen and oxygen atoms in total.